The van der Waals surface area contributed by atoms with Crippen molar-refractivity contribution in [2.45, 2.75) is 23.6 Å². The van der Waals surface area contributed by atoms with E-state index in [1.807, 2.05) is 27.4 Å². The highest BCUT2D eigenvalue weighted by Gasteiger charge is 2.54. The monoisotopic (exact) mass is 396 g/mol. The fourth-order valence-electron chi connectivity index (χ4n) is 3.92. The van der Waals surface area contributed by atoms with E-state index in [1.54, 1.807) is 13.2 Å². The summed E-state index contributed by atoms with van der Waals surface area (Å²) in [6.45, 7) is 8.74. The van der Waals surface area contributed by atoms with E-state index in [4.69, 9.17) is 6.57 Å². The topological polar surface area (TPSA) is 96.4 Å². The first kappa shape index (κ1) is 17.3. The van der Waals surface area contributed by atoms with E-state index in [2.05, 4.69) is 29.3 Å². The fraction of sp³-hybridized carbons (Fsp3) is 0.444. The van der Waals surface area contributed by atoms with Crippen LogP contribution in [0.5, 0.6) is 0 Å². The second-order valence-corrected chi connectivity index (χ2v) is 10.0. The standard InChI is InChI=1S/C18H20N8OS/c1-19-9-18(10-25(11-18)28(27,20-2)14-3-4-14)26-8-13(7-24-26)16-15-5-6-21-17(15)23-12-22-16/h5-8,12,14H,3-4,9-11H2,2H3,(H,21,22,23). The molecule has 0 spiro atoms. The molecule has 4 heterocycles. The van der Waals surface area contributed by atoms with E-state index < -0.39 is 15.5 Å². The minimum Gasteiger partial charge on any atom is -0.346 e. The maximum Gasteiger partial charge on any atom is 0.242 e. The molecule has 28 heavy (non-hydrogen) atoms. The maximum absolute atomic E-state index is 13.2. The summed E-state index contributed by atoms with van der Waals surface area (Å²) < 4.78 is 21.2. The van der Waals surface area contributed by atoms with E-state index in [9.17, 15) is 4.21 Å². The molecular formula is C18H20N8OS. The highest BCUT2D eigenvalue weighted by Crippen LogP contribution is 2.40. The first-order valence-corrected chi connectivity index (χ1v) is 10.7. The molecule has 1 N–H and O–H groups in total. The van der Waals surface area contributed by atoms with E-state index >= 15 is 0 Å². The smallest absolute Gasteiger partial charge is 0.242 e. The van der Waals surface area contributed by atoms with Gasteiger partial charge in [0.15, 0.2) is 5.54 Å². The first-order chi connectivity index (χ1) is 13.6. The van der Waals surface area contributed by atoms with Crippen LogP contribution in [-0.2, 0) is 15.5 Å². The number of hydrogen-bond donors (Lipinski definition) is 1. The molecule has 3 aromatic rings. The number of aromatic nitrogens is 5. The molecule has 10 heteroatoms. The second-order valence-electron chi connectivity index (χ2n) is 7.39. The van der Waals surface area contributed by atoms with Crippen molar-refractivity contribution in [2.75, 3.05) is 26.7 Å². The van der Waals surface area contributed by atoms with Crippen molar-refractivity contribution in [3.05, 3.63) is 42.4 Å². The van der Waals surface area contributed by atoms with Gasteiger partial charge in [-0.2, -0.15) is 5.10 Å². The van der Waals surface area contributed by atoms with Crippen molar-refractivity contribution in [2.24, 2.45) is 4.36 Å². The number of H-pyrrole nitrogens is 1. The molecule has 5 rings (SSSR count). The number of fused-ring (bicyclic) bond motifs is 1. The summed E-state index contributed by atoms with van der Waals surface area (Å²) >= 11 is 0. The summed E-state index contributed by atoms with van der Waals surface area (Å²) in [5.41, 5.74) is 1.97. The minimum atomic E-state index is -2.35. The molecule has 2 aliphatic rings. The number of nitrogens with zero attached hydrogens (tertiary/aromatic N) is 7. The molecule has 2 fully saturated rings. The van der Waals surface area contributed by atoms with Crippen LogP contribution in [0.15, 0.2) is 35.3 Å². The highest BCUT2D eigenvalue weighted by molar-refractivity contribution is 7.92. The quantitative estimate of drug-likeness (QED) is 0.667. The van der Waals surface area contributed by atoms with Crippen LogP contribution in [0.25, 0.3) is 27.1 Å². The van der Waals surface area contributed by atoms with Gasteiger partial charge in [-0.05, 0) is 18.9 Å². The average molecular weight is 396 g/mol. The summed E-state index contributed by atoms with van der Waals surface area (Å²) in [5, 5.41) is 5.65. The van der Waals surface area contributed by atoms with Gasteiger partial charge in [-0.3, -0.25) is 4.68 Å². The zero-order valence-electron chi connectivity index (χ0n) is 15.4. The third-order valence-electron chi connectivity index (χ3n) is 5.60. The molecule has 1 aliphatic heterocycles. The van der Waals surface area contributed by atoms with Gasteiger partial charge >= 0.3 is 0 Å². The zero-order chi connectivity index (χ0) is 19.4. The molecule has 1 unspecified atom stereocenters. The fourth-order valence-corrected chi connectivity index (χ4v) is 6.47. The summed E-state index contributed by atoms with van der Waals surface area (Å²) in [6, 6.07) is 1.94. The summed E-state index contributed by atoms with van der Waals surface area (Å²) in [7, 11) is -0.711. The van der Waals surface area contributed by atoms with E-state index in [0.29, 0.717) is 13.1 Å². The average Bonchev–Trinajstić information content (AvgIpc) is 3.23. The normalized spacial score (nSPS) is 21.0. The van der Waals surface area contributed by atoms with Crippen LogP contribution in [0.2, 0.25) is 0 Å². The lowest BCUT2D eigenvalue weighted by atomic mass is 9.92. The molecule has 1 aliphatic carbocycles. The second kappa shape index (κ2) is 6.12. The zero-order valence-corrected chi connectivity index (χ0v) is 16.3. The van der Waals surface area contributed by atoms with Crippen molar-refractivity contribution in [1.29, 1.82) is 0 Å². The van der Waals surface area contributed by atoms with Gasteiger partial charge in [-0.1, -0.05) is 0 Å². The predicted molar refractivity (Wildman–Crippen MR) is 106 cm³/mol. The van der Waals surface area contributed by atoms with Crippen LogP contribution in [0.4, 0.5) is 0 Å². The van der Waals surface area contributed by atoms with E-state index in [0.717, 1.165) is 35.1 Å². The number of aromatic amines is 1. The van der Waals surface area contributed by atoms with E-state index in [1.165, 1.54) is 6.33 Å². The molecule has 9 nitrogen and oxygen atoms in total. The molecule has 0 aromatic carbocycles. The van der Waals surface area contributed by atoms with Crippen molar-refractivity contribution < 1.29 is 4.21 Å². The predicted octanol–water partition coefficient (Wildman–Crippen LogP) is 1.93. The number of nitrogens with one attached hydrogen (secondary N) is 1. The van der Waals surface area contributed by atoms with Gasteiger partial charge in [0.2, 0.25) is 6.54 Å². The molecule has 3 aromatic heterocycles. The molecule has 1 saturated carbocycles. The van der Waals surface area contributed by atoms with Gasteiger partial charge in [0, 0.05) is 43.5 Å². The molecular weight excluding hydrogens is 376 g/mol. The third-order valence-corrected chi connectivity index (χ3v) is 8.46. The van der Waals surface area contributed by atoms with Crippen molar-refractivity contribution >= 4 is 20.9 Å². The van der Waals surface area contributed by atoms with Crippen LogP contribution in [-0.4, -0.2) is 65.2 Å². The largest absolute Gasteiger partial charge is 0.346 e. The summed E-state index contributed by atoms with van der Waals surface area (Å²) in [6.07, 6.45) is 8.99. The van der Waals surface area contributed by atoms with Gasteiger partial charge in [0.1, 0.15) is 21.9 Å². The molecule has 0 amide bonds. The van der Waals surface area contributed by atoms with Gasteiger partial charge in [-0.25, -0.2) is 29.4 Å². The Labute approximate surface area is 162 Å². The van der Waals surface area contributed by atoms with Crippen molar-refractivity contribution in [1.82, 2.24) is 29.0 Å². The lowest BCUT2D eigenvalue weighted by Gasteiger charge is -2.47. The lowest BCUT2D eigenvalue weighted by Crippen LogP contribution is -2.66. The van der Waals surface area contributed by atoms with E-state index in [-0.39, 0.29) is 11.8 Å². The Bertz CT molecular complexity index is 1200. The van der Waals surface area contributed by atoms with Crippen LogP contribution < -0.4 is 0 Å². The van der Waals surface area contributed by atoms with Crippen LogP contribution in [0.3, 0.4) is 0 Å². The van der Waals surface area contributed by atoms with Gasteiger partial charge < -0.3 is 9.83 Å². The Hall–Kier alpha value is -2.77. The van der Waals surface area contributed by atoms with Crippen LogP contribution in [0, 0.1) is 6.57 Å². The Balaban J connectivity index is 1.48. The Morgan fingerprint density at radius 3 is 2.96 bits per heavy atom. The lowest BCUT2D eigenvalue weighted by molar-refractivity contribution is 0.0865. The van der Waals surface area contributed by atoms with Crippen molar-refractivity contribution in [3.8, 4) is 11.3 Å². The SMILES string of the molecule is [C-]#[N+]CC1(n2cc(-c3ncnc4[nH]ccc34)cn2)CN(S(=O)(=NC)C2CC2)C1. The Kier molecular flexibility index (Phi) is 3.79. The van der Waals surface area contributed by atoms with Gasteiger partial charge in [0.25, 0.3) is 0 Å². The Morgan fingerprint density at radius 1 is 1.43 bits per heavy atom. The summed E-state index contributed by atoms with van der Waals surface area (Å²) in [4.78, 5) is 15.4. The molecule has 1 atom stereocenters. The molecule has 1 saturated heterocycles. The van der Waals surface area contributed by atoms with Gasteiger partial charge in [0.05, 0.1) is 17.1 Å². The van der Waals surface area contributed by atoms with Crippen LogP contribution >= 0.6 is 0 Å². The Morgan fingerprint density at radius 2 is 2.25 bits per heavy atom. The number of hydrogen-bond acceptors (Lipinski definition) is 5. The molecule has 0 radical (unpaired) electrons. The summed E-state index contributed by atoms with van der Waals surface area (Å²) in [5.74, 6) is 0. The third kappa shape index (κ3) is 2.47. The van der Waals surface area contributed by atoms with Gasteiger partial charge in [-0.15, -0.1) is 0 Å². The van der Waals surface area contributed by atoms with Crippen molar-refractivity contribution in [3.63, 3.8) is 0 Å². The molecule has 0 bridgehead atoms. The minimum absolute atomic E-state index is 0.166. The molecule has 144 valence electrons. The highest BCUT2D eigenvalue weighted by atomic mass is 32.2. The maximum atomic E-state index is 13.2. The van der Waals surface area contributed by atoms with Crippen LogP contribution in [0.1, 0.15) is 12.8 Å². The number of rotatable bonds is 5. The first-order valence-electron chi connectivity index (χ1n) is 9.16.